The monoisotopic (exact) mass is 651 g/mol. The molecule has 1 aromatic carbocycles. The van der Waals surface area contributed by atoms with Gasteiger partial charge in [-0.1, -0.05) is 20.8 Å². The topological polar surface area (TPSA) is 106 Å². The minimum absolute atomic E-state index is 0.0249. The van der Waals surface area contributed by atoms with E-state index in [1.54, 1.807) is 0 Å². The summed E-state index contributed by atoms with van der Waals surface area (Å²) in [6, 6.07) is 3.97. The Kier molecular flexibility index (Phi) is 10.6. The lowest BCUT2D eigenvalue weighted by atomic mass is 9.81. The number of aromatic amines is 1. The highest BCUT2D eigenvalue weighted by Gasteiger charge is 2.33. The van der Waals surface area contributed by atoms with Gasteiger partial charge in [-0.3, -0.25) is 24.2 Å². The van der Waals surface area contributed by atoms with Crippen molar-refractivity contribution in [3.63, 3.8) is 0 Å². The van der Waals surface area contributed by atoms with Gasteiger partial charge in [-0.05, 0) is 115 Å². The van der Waals surface area contributed by atoms with Crippen molar-refractivity contribution in [3.8, 4) is 5.75 Å². The van der Waals surface area contributed by atoms with Crippen molar-refractivity contribution in [2.75, 3.05) is 26.2 Å². The molecule has 46 heavy (non-hydrogen) atoms. The van der Waals surface area contributed by atoms with Crippen LogP contribution in [0.4, 0.5) is 0 Å². The zero-order chi connectivity index (χ0) is 33.2. The third-order valence-electron chi connectivity index (χ3n) is 9.80. The second-order valence-corrected chi connectivity index (χ2v) is 18.1. The first-order valence-corrected chi connectivity index (χ1v) is 18.2. The number of benzene rings is 1. The number of nitrogens with one attached hydrogen (secondary N) is 2. The lowest BCUT2D eigenvalue weighted by Crippen LogP contribution is -2.39. The van der Waals surface area contributed by atoms with E-state index >= 15 is 0 Å². The molecular weight excluding hydrogens is 596 g/mol. The van der Waals surface area contributed by atoms with Crippen molar-refractivity contribution in [3.05, 3.63) is 35.4 Å². The predicted octanol–water partition coefficient (Wildman–Crippen LogP) is 5.88. The number of hydrogen-bond donors (Lipinski definition) is 3. The molecule has 0 bridgehead atoms. The van der Waals surface area contributed by atoms with Crippen LogP contribution in [0.3, 0.4) is 0 Å². The summed E-state index contributed by atoms with van der Waals surface area (Å²) < 4.78 is 0.132. The summed E-state index contributed by atoms with van der Waals surface area (Å²) in [6.45, 7) is 17.5. The molecule has 3 N–H and O–H groups in total. The molecule has 1 saturated carbocycles. The van der Waals surface area contributed by atoms with Gasteiger partial charge >= 0.3 is 0 Å². The fourth-order valence-corrected chi connectivity index (χ4v) is 8.50. The number of amides is 3. The molecule has 8 nitrogen and oxygen atoms in total. The summed E-state index contributed by atoms with van der Waals surface area (Å²) in [6.07, 6.45) is 10.2. The summed E-state index contributed by atoms with van der Waals surface area (Å²) in [7, 11) is 0. The predicted molar refractivity (Wildman–Crippen MR) is 187 cm³/mol. The van der Waals surface area contributed by atoms with Gasteiger partial charge in [0.15, 0.2) is 0 Å². The van der Waals surface area contributed by atoms with Gasteiger partial charge in [-0.15, -0.1) is 0 Å². The van der Waals surface area contributed by atoms with E-state index in [2.05, 4.69) is 62.8 Å². The Morgan fingerprint density at radius 3 is 2.20 bits per heavy atom. The fourth-order valence-electron chi connectivity index (χ4n) is 7.33. The highest BCUT2D eigenvalue weighted by molar-refractivity contribution is 7.80. The van der Waals surface area contributed by atoms with Gasteiger partial charge in [0.25, 0.3) is 11.8 Å². The van der Waals surface area contributed by atoms with Crippen molar-refractivity contribution >= 4 is 40.4 Å². The van der Waals surface area contributed by atoms with Crippen LogP contribution < -0.4 is 5.32 Å². The number of nitrogens with zero attached hydrogens (tertiary/aromatic N) is 2. The van der Waals surface area contributed by atoms with E-state index in [4.69, 9.17) is 0 Å². The Labute approximate surface area is 279 Å². The highest BCUT2D eigenvalue weighted by Crippen LogP contribution is 2.38. The normalized spacial score (nSPS) is 21.9. The van der Waals surface area contributed by atoms with Gasteiger partial charge in [0, 0.05) is 66.0 Å². The number of fused-ring (bicyclic) bond motifs is 1. The number of imide groups is 1. The van der Waals surface area contributed by atoms with Crippen LogP contribution in [0, 0.1) is 23.2 Å². The SMILES string of the molecule is CC(C)(C)Cc1c([SH+]C(C)(C)C)[nH]c2c(CN3CCC(CCNC(=O)C4CCC(CN5C(=O)C=CC5=O)CC4)CC3)c(O)ccc12. The number of hydrogen-bond acceptors (Lipinski definition) is 5. The van der Waals surface area contributed by atoms with Gasteiger partial charge in [0.2, 0.25) is 10.9 Å². The standard InChI is InChI=1S/C37H54N4O4S/c1-36(2,3)21-28-27-11-12-30(42)29(33(27)39-35(28)46-37(4,5)6)23-40-19-16-24(17-20-40)15-18-38-34(45)26-9-7-25(8-10-26)22-41-31(43)13-14-32(41)44/h11-14,24-26,39,42H,7-10,15-23H2,1-6H3,(H,38,45)/p+1. The van der Waals surface area contributed by atoms with Crippen LogP contribution in [0.5, 0.6) is 5.75 Å². The maximum atomic E-state index is 12.9. The molecule has 9 heteroatoms. The Balaban J connectivity index is 1.09. The molecule has 2 aliphatic heterocycles. The summed E-state index contributed by atoms with van der Waals surface area (Å²) in [5.74, 6) is 0.964. The average Bonchev–Trinajstić information content (AvgIpc) is 3.47. The number of H-pyrrole nitrogens is 1. The third-order valence-corrected chi connectivity index (χ3v) is 11.1. The number of carbonyl (C=O) groups is 3. The van der Waals surface area contributed by atoms with Crippen LogP contribution in [0.1, 0.15) is 97.6 Å². The Bertz CT molecular complexity index is 1430. The van der Waals surface area contributed by atoms with E-state index < -0.39 is 0 Å². The van der Waals surface area contributed by atoms with E-state index in [1.807, 2.05) is 6.07 Å². The summed E-state index contributed by atoms with van der Waals surface area (Å²) in [5.41, 5.74) is 3.62. The molecule has 5 rings (SSSR count). The number of carbonyl (C=O) groups excluding carboxylic acids is 3. The fraction of sp³-hybridized carbons (Fsp3) is 0.649. The molecule has 0 radical (unpaired) electrons. The molecular formula is C37H55N4O4S+. The van der Waals surface area contributed by atoms with Crippen molar-refractivity contribution in [1.82, 2.24) is 20.1 Å². The molecule has 252 valence electrons. The quantitative estimate of drug-likeness (QED) is 0.169. The van der Waals surface area contributed by atoms with Crippen molar-refractivity contribution in [2.45, 2.75) is 109 Å². The molecule has 1 aliphatic carbocycles. The summed E-state index contributed by atoms with van der Waals surface area (Å²) >= 11 is 1.27. The number of aromatic nitrogens is 1. The second kappa shape index (κ2) is 14.1. The number of phenols is 1. The Hall–Kier alpha value is -2.78. The number of thiol groups is 1. The van der Waals surface area contributed by atoms with Gasteiger partial charge in [-0.25, -0.2) is 0 Å². The molecule has 3 aliphatic rings. The minimum Gasteiger partial charge on any atom is -0.508 e. The van der Waals surface area contributed by atoms with Gasteiger partial charge < -0.3 is 15.4 Å². The van der Waals surface area contributed by atoms with Crippen LogP contribution in [-0.4, -0.2) is 68.5 Å². The van der Waals surface area contributed by atoms with Crippen molar-refractivity contribution in [1.29, 1.82) is 0 Å². The first-order chi connectivity index (χ1) is 21.7. The van der Waals surface area contributed by atoms with E-state index in [-0.39, 0.29) is 39.7 Å². The molecule has 2 aromatic rings. The van der Waals surface area contributed by atoms with Crippen molar-refractivity contribution < 1.29 is 19.5 Å². The van der Waals surface area contributed by atoms with Gasteiger partial charge in [0.05, 0.1) is 5.52 Å². The van der Waals surface area contributed by atoms with Crippen LogP contribution in [0.2, 0.25) is 0 Å². The van der Waals surface area contributed by atoms with E-state index in [9.17, 15) is 19.5 Å². The number of phenolic OH excluding ortho intramolecular Hbond substituents is 1. The summed E-state index contributed by atoms with van der Waals surface area (Å²) in [4.78, 5) is 44.2. The molecule has 1 saturated heterocycles. The zero-order valence-corrected chi connectivity index (χ0v) is 29.6. The van der Waals surface area contributed by atoms with Crippen molar-refractivity contribution in [2.24, 2.45) is 23.2 Å². The zero-order valence-electron chi connectivity index (χ0n) is 28.7. The Morgan fingerprint density at radius 2 is 1.59 bits per heavy atom. The summed E-state index contributed by atoms with van der Waals surface area (Å²) in [5, 5.41) is 16.7. The largest absolute Gasteiger partial charge is 0.508 e. The highest BCUT2D eigenvalue weighted by atomic mass is 32.2. The number of likely N-dealkylation sites (tertiary alicyclic amines) is 1. The van der Waals surface area contributed by atoms with Crippen LogP contribution in [-0.2, 0) is 39.1 Å². The average molecular weight is 652 g/mol. The molecule has 1 aromatic heterocycles. The lowest BCUT2D eigenvalue weighted by Gasteiger charge is -2.32. The second-order valence-electron chi connectivity index (χ2n) is 16.1. The number of piperidine rings is 1. The third kappa shape index (κ3) is 8.77. The van der Waals surface area contributed by atoms with E-state index in [1.165, 1.54) is 44.8 Å². The number of rotatable bonds is 10. The minimum atomic E-state index is -0.221. The van der Waals surface area contributed by atoms with Crippen LogP contribution in [0.25, 0.3) is 10.9 Å². The molecule has 0 atom stereocenters. The van der Waals surface area contributed by atoms with Gasteiger partial charge in [0.1, 0.15) is 10.5 Å². The first-order valence-electron chi connectivity index (χ1n) is 17.3. The van der Waals surface area contributed by atoms with Crippen LogP contribution >= 0.6 is 0 Å². The maximum absolute atomic E-state index is 12.9. The maximum Gasteiger partial charge on any atom is 0.253 e. The molecule has 0 spiro atoms. The lowest BCUT2D eigenvalue weighted by molar-refractivity contribution is -0.138. The first kappa shape index (κ1) is 34.6. The molecule has 3 amide bonds. The number of aromatic hydroxyl groups is 1. The molecule has 0 unspecified atom stereocenters. The molecule has 2 fully saturated rings. The smallest absolute Gasteiger partial charge is 0.253 e. The Morgan fingerprint density at radius 1 is 0.935 bits per heavy atom. The van der Waals surface area contributed by atoms with E-state index in [0.717, 1.165) is 82.1 Å². The van der Waals surface area contributed by atoms with Crippen LogP contribution in [0.15, 0.2) is 29.3 Å². The van der Waals surface area contributed by atoms with E-state index in [0.29, 0.717) is 24.8 Å². The van der Waals surface area contributed by atoms with Gasteiger partial charge in [-0.2, -0.15) is 0 Å². The molecule has 3 heterocycles.